The molecule has 0 saturated carbocycles. The van der Waals surface area contributed by atoms with Gasteiger partial charge in [0.15, 0.2) is 10.7 Å². The number of carbonyl (C=O) groups is 1. The van der Waals surface area contributed by atoms with Gasteiger partial charge in [0.1, 0.15) is 5.52 Å². The number of hydrogen-bond donors (Lipinski definition) is 1. The third-order valence-corrected chi connectivity index (χ3v) is 7.19. The fourth-order valence-electron chi connectivity index (χ4n) is 3.88. The zero-order valence-corrected chi connectivity index (χ0v) is 18.5. The SMILES string of the molecule is Cc1cc(-c2csc(NC(=O)C3CCN(c4nc5ccccc5o4)CC3)n2)c(C)s1. The van der Waals surface area contributed by atoms with Crippen LogP contribution in [-0.2, 0) is 4.79 Å². The normalized spacial score (nSPS) is 15.1. The molecule has 0 bridgehead atoms. The topological polar surface area (TPSA) is 71.3 Å². The van der Waals surface area contributed by atoms with Crippen molar-refractivity contribution in [2.45, 2.75) is 26.7 Å². The van der Waals surface area contributed by atoms with E-state index >= 15 is 0 Å². The van der Waals surface area contributed by atoms with Crippen LogP contribution in [0.3, 0.4) is 0 Å². The lowest BCUT2D eigenvalue weighted by Crippen LogP contribution is -2.38. The Kier molecular flexibility index (Phi) is 5.04. The molecule has 0 spiro atoms. The Balaban J connectivity index is 1.20. The number of oxazole rings is 1. The van der Waals surface area contributed by atoms with Crippen LogP contribution in [0.15, 0.2) is 40.1 Å². The summed E-state index contributed by atoms with van der Waals surface area (Å²) in [5, 5.41) is 5.70. The number of amides is 1. The standard InChI is InChI=1S/C22H22N4O2S2/c1-13-11-16(14(2)30-13)18-12-29-21(23-18)25-20(27)15-7-9-26(10-8-15)22-24-17-5-3-4-6-19(17)28-22/h3-6,11-12,15H,7-10H2,1-2H3,(H,23,25,27). The minimum absolute atomic E-state index is 0.0249. The summed E-state index contributed by atoms with van der Waals surface area (Å²) >= 11 is 3.25. The Labute approximate surface area is 182 Å². The fourth-order valence-corrected chi connectivity index (χ4v) is 5.52. The quantitative estimate of drug-likeness (QED) is 0.456. The zero-order valence-electron chi connectivity index (χ0n) is 16.8. The average Bonchev–Trinajstić information content (AvgIpc) is 3.46. The minimum atomic E-state index is -0.0249. The highest BCUT2D eigenvalue weighted by Crippen LogP contribution is 2.33. The number of nitrogens with one attached hydrogen (secondary N) is 1. The van der Waals surface area contributed by atoms with Gasteiger partial charge in [-0.05, 0) is 44.9 Å². The Morgan fingerprint density at radius 3 is 2.73 bits per heavy atom. The number of nitrogens with zero attached hydrogens (tertiary/aromatic N) is 3. The fraction of sp³-hybridized carbons (Fsp3) is 0.318. The van der Waals surface area contributed by atoms with Crippen LogP contribution >= 0.6 is 22.7 Å². The Morgan fingerprint density at radius 1 is 1.20 bits per heavy atom. The smallest absolute Gasteiger partial charge is 0.298 e. The van der Waals surface area contributed by atoms with Crippen molar-refractivity contribution in [2.75, 3.05) is 23.3 Å². The molecule has 0 atom stereocenters. The third kappa shape index (κ3) is 3.73. The predicted molar refractivity (Wildman–Crippen MR) is 122 cm³/mol. The Morgan fingerprint density at radius 2 is 2.00 bits per heavy atom. The zero-order chi connectivity index (χ0) is 20.7. The summed E-state index contributed by atoms with van der Waals surface area (Å²) in [6, 6.07) is 10.6. The highest BCUT2D eigenvalue weighted by atomic mass is 32.1. The first kappa shape index (κ1) is 19.3. The summed E-state index contributed by atoms with van der Waals surface area (Å²) in [4.78, 5) is 26.6. The summed E-state index contributed by atoms with van der Waals surface area (Å²) < 4.78 is 5.86. The summed E-state index contributed by atoms with van der Waals surface area (Å²) in [6.07, 6.45) is 1.54. The van der Waals surface area contributed by atoms with Gasteiger partial charge in [0, 0.05) is 39.7 Å². The molecule has 0 radical (unpaired) electrons. The van der Waals surface area contributed by atoms with Gasteiger partial charge in [-0.3, -0.25) is 4.79 Å². The molecule has 8 heteroatoms. The van der Waals surface area contributed by atoms with Gasteiger partial charge >= 0.3 is 0 Å². The number of carbonyl (C=O) groups excluding carboxylic acids is 1. The molecule has 1 aliphatic heterocycles. The number of piperidine rings is 1. The molecule has 1 amide bonds. The van der Waals surface area contributed by atoms with Gasteiger partial charge < -0.3 is 14.6 Å². The van der Waals surface area contributed by atoms with Crippen molar-refractivity contribution >= 4 is 50.8 Å². The van der Waals surface area contributed by atoms with E-state index in [0.717, 1.165) is 48.3 Å². The maximum absolute atomic E-state index is 12.8. The monoisotopic (exact) mass is 438 g/mol. The molecule has 154 valence electrons. The van der Waals surface area contributed by atoms with Gasteiger partial charge in [-0.1, -0.05) is 12.1 Å². The second-order valence-electron chi connectivity index (χ2n) is 7.58. The average molecular weight is 439 g/mol. The number of hydrogen-bond acceptors (Lipinski definition) is 7. The number of para-hydroxylation sites is 2. The summed E-state index contributed by atoms with van der Waals surface area (Å²) in [5.74, 6) is 0.0226. The highest BCUT2D eigenvalue weighted by molar-refractivity contribution is 7.14. The first-order chi connectivity index (χ1) is 14.6. The van der Waals surface area contributed by atoms with Crippen molar-refractivity contribution in [1.82, 2.24) is 9.97 Å². The Hall–Kier alpha value is -2.71. The van der Waals surface area contributed by atoms with Crippen molar-refractivity contribution in [3.8, 4) is 11.3 Å². The molecule has 1 aromatic carbocycles. The van der Waals surface area contributed by atoms with Gasteiger partial charge in [-0.15, -0.1) is 22.7 Å². The van der Waals surface area contributed by atoms with E-state index < -0.39 is 0 Å². The second kappa shape index (κ2) is 7.85. The lowest BCUT2D eigenvalue weighted by Gasteiger charge is -2.29. The van der Waals surface area contributed by atoms with E-state index in [1.807, 2.05) is 29.6 Å². The molecule has 0 aliphatic carbocycles. The van der Waals surface area contributed by atoms with E-state index in [2.05, 4.69) is 40.1 Å². The van der Waals surface area contributed by atoms with E-state index in [4.69, 9.17) is 4.42 Å². The lowest BCUT2D eigenvalue weighted by atomic mass is 9.96. The molecule has 1 saturated heterocycles. The summed E-state index contributed by atoms with van der Waals surface area (Å²) in [5.41, 5.74) is 3.75. The Bertz CT molecular complexity index is 1170. The first-order valence-electron chi connectivity index (χ1n) is 10.0. The molecule has 1 fully saturated rings. The molecule has 6 nitrogen and oxygen atoms in total. The first-order valence-corrected chi connectivity index (χ1v) is 11.7. The van der Waals surface area contributed by atoms with Crippen LogP contribution in [0.25, 0.3) is 22.4 Å². The van der Waals surface area contributed by atoms with E-state index in [1.165, 1.54) is 21.1 Å². The van der Waals surface area contributed by atoms with Crippen molar-refractivity contribution in [1.29, 1.82) is 0 Å². The van der Waals surface area contributed by atoms with Gasteiger partial charge in [-0.25, -0.2) is 4.98 Å². The number of anilines is 2. The molecule has 30 heavy (non-hydrogen) atoms. The van der Waals surface area contributed by atoms with Crippen LogP contribution in [0.2, 0.25) is 0 Å². The number of rotatable bonds is 4. The number of aryl methyl sites for hydroxylation is 2. The van der Waals surface area contributed by atoms with Crippen molar-refractivity contribution in [2.24, 2.45) is 5.92 Å². The second-order valence-corrected chi connectivity index (χ2v) is 9.90. The predicted octanol–water partition coefficient (Wildman–Crippen LogP) is 5.48. The van der Waals surface area contributed by atoms with Crippen molar-refractivity contribution in [3.05, 3.63) is 45.5 Å². The molecular formula is C22H22N4O2S2. The van der Waals surface area contributed by atoms with Gasteiger partial charge in [0.2, 0.25) is 5.91 Å². The largest absolute Gasteiger partial charge is 0.423 e. The van der Waals surface area contributed by atoms with E-state index in [1.54, 1.807) is 11.3 Å². The van der Waals surface area contributed by atoms with Crippen LogP contribution in [-0.4, -0.2) is 29.0 Å². The van der Waals surface area contributed by atoms with Crippen LogP contribution < -0.4 is 10.2 Å². The molecule has 3 aromatic heterocycles. The van der Waals surface area contributed by atoms with E-state index in [0.29, 0.717) is 11.1 Å². The molecule has 1 N–H and O–H groups in total. The van der Waals surface area contributed by atoms with Gasteiger partial charge in [0.25, 0.3) is 6.01 Å². The highest BCUT2D eigenvalue weighted by Gasteiger charge is 2.27. The van der Waals surface area contributed by atoms with Crippen molar-refractivity contribution in [3.63, 3.8) is 0 Å². The van der Waals surface area contributed by atoms with Crippen LogP contribution in [0.5, 0.6) is 0 Å². The maximum atomic E-state index is 12.8. The summed E-state index contributed by atoms with van der Waals surface area (Å²) in [7, 11) is 0. The van der Waals surface area contributed by atoms with Gasteiger partial charge in [0.05, 0.1) is 5.69 Å². The van der Waals surface area contributed by atoms with Gasteiger partial charge in [-0.2, -0.15) is 4.98 Å². The minimum Gasteiger partial charge on any atom is -0.423 e. The van der Waals surface area contributed by atoms with Crippen LogP contribution in [0.4, 0.5) is 11.1 Å². The number of benzene rings is 1. The van der Waals surface area contributed by atoms with Crippen molar-refractivity contribution < 1.29 is 9.21 Å². The van der Waals surface area contributed by atoms with Crippen LogP contribution in [0, 0.1) is 19.8 Å². The number of fused-ring (bicyclic) bond motifs is 1. The molecule has 4 aromatic rings. The van der Waals surface area contributed by atoms with E-state index in [9.17, 15) is 4.79 Å². The number of thiazole rings is 1. The maximum Gasteiger partial charge on any atom is 0.298 e. The van der Waals surface area contributed by atoms with Crippen LogP contribution in [0.1, 0.15) is 22.6 Å². The molecule has 1 aliphatic rings. The number of aromatic nitrogens is 2. The molecule has 4 heterocycles. The summed E-state index contributed by atoms with van der Waals surface area (Å²) in [6.45, 7) is 5.71. The van der Waals surface area contributed by atoms with E-state index in [-0.39, 0.29) is 11.8 Å². The molecule has 5 rings (SSSR count). The molecule has 0 unspecified atom stereocenters. The third-order valence-electron chi connectivity index (χ3n) is 5.47. The number of thiophene rings is 1. The molecular weight excluding hydrogens is 416 g/mol. The lowest BCUT2D eigenvalue weighted by molar-refractivity contribution is -0.120.